The second-order valence-electron chi connectivity index (χ2n) is 15.7. The van der Waals surface area contributed by atoms with Crippen molar-refractivity contribution in [2.24, 2.45) is 0 Å². The second kappa shape index (κ2) is 36.8. The lowest BCUT2D eigenvalue weighted by Gasteiger charge is -2.28. The van der Waals surface area contributed by atoms with Crippen molar-refractivity contribution < 1.29 is 42.1 Å². The lowest BCUT2D eigenvalue weighted by atomic mass is 10.0. The number of unbranched alkanes of at least 4 members (excludes halogenated alkanes) is 19. The molecule has 0 saturated carbocycles. The van der Waals surface area contributed by atoms with Gasteiger partial charge in [-0.1, -0.05) is 153 Å². The van der Waals surface area contributed by atoms with Gasteiger partial charge in [0, 0.05) is 12.8 Å². The average molecular weight is 784 g/mol. The van der Waals surface area contributed by atoms with E-state index in [0.717, 1.165) is 57.8 Å². The number of carbonyl (C=O) groups is 2. The van der Waals surface area contributed by atoms with Gasteiger partial charge in [-0.25, -0.2) is 0 Å². The predicted octanol–water partition coefficient (Wildman–Crippen LogP) is 11.5. The first kappa shape index (κ1) is 52.2. The first-order valence-corrected chi connectivity index (χ1v) is 23.2. The van der Waals surface area contributed by atoms with Gasteiger partial charge in [-0.3, -0.25) is 14.2 Å². The summed E-state index contributed by atoms with van der Waals surface area (Å²) in [6, 6.07) is 0. The summed E-state index contributed by atoms with van der Waals surface area (Å²) in [5.41, 5.74) is 0. The number of phosphoric ester groups is 1. The number of esters is 2. The zero-order valence-electron chi connectivity index (χ0n) is 35.4. The number of hydrogen-bond acceptors (Lipinski definition) is 8. The molecule has 0 bridgehead atoms. The number of phosphoric acid groups is 1. The Hall–Kier alpha value is -1.77. The Labute approximate surface area is 331 Å². The average Bonchev–Trinajstić information content (AvgIpc) is 3.12. The Balaban J connectivity index is 4.41. The number of allylic oxidation sites excluding steroid dienone is 6. The van der Waals surface area contributed by atoms with E-state index >= 15 is 0 Å². The van der Waals surface area contributed by atoms with Crippen LogP contribution in [0.5, 0.6) is 0 Å². The van der Waals surface area contributed by atoms with Crippen LogP contribution in [0.4, 0.5) is 0 Å². The zero-order valence-corrected chi connectivity index (χ0v) is 36.3. The molecule has 0 rings (SSSR count). The molecule has 1 unspecified atom stereocenters. The van der Waals surface area contributed by atoms with Gasteiger partial charge in [0.15, 0.2) is 6.10 Å². The van der Waals surface area contributed by atoms with E-state index in [0.29, 0.717) is 17.4 Å². The zero-order chi connectivity index (χ0) is 40.0. The number of hydrogen-bond donors (Lipinski definition) is 0. The van der Waals surface area contributed by atoms with Crippen molar-refractivity contribution in [2.75, 3.05) is 47.5 Å². The largest absolute Gasteiger partial charge is 0.756 e. The molecule has 0 saturated heterocycles. The molecule has 0 aliphatic heterocycles. The monoisotopic (exact) mass is 784 g/mol. The van der Waals surface area contributed by atoms with Crippen molar-refractivity contribution in [3.05, 3.63) is 36.5 Å². The van der Waals surface area contributed by atoms with E-state index in [9.17, 15) is 19.0 Å². The highest BCUT2D eigenvalue weighted by Gasteiger charge is 2.21. The maximum atomic E-state index is 12.7. The summed E-state index contributed by atoms with van der Waals surface area (Å²) in [7, 11) is 1.15. The molecule has 0 aromatic heterocycles. The van der Waals surface area contributed by atoms with Gasteiger partial charge in [0.1, 0.15) is 19.8 Å². The van der Waals surface area contributed by atoms with Gasteiger partial charge in [0.05, 0.1) is 27.7 Å². The fraction of sp³-hybridized carbons (Fsp3) is 0.818. The third-order valence-corrected chi connectivity index (χ3v) is 10.1. The number of likely N-dealkylation sites (N-methyl/N-ethyl adjacent to an activating group) is 1. The SMILES string of the molecule is CCCCC/C=C/C/C=C/C/C=C/CCCCCCC(=O)O[C@H](COC(=O)CCCCCCCCCCCCCCC)COP(=O)([O-])OCC[N+](C)(C)C. The molecule has 0 aliphatic carbocycles. The molecule has 2 atom stereocenters. The Morgan fingerprint density at radius 2 is 1.00 bits per heavy atom. The predicted molar refractivity (Wildman–Crippen MR) is 222 cm³/mol. The molecule has 9 nitrogen and oxygen atoms in total. The summed E-state index contributed by atoms with van der Waals surface area (Å²) >= 11 is 0. The number of nitrogens with zero attached hydrogens (tertiary/aromatic N) is 1. The van der Waals surface area contributed by atoms with E-state index in [-0.39, 0.29) is 32.0 Å². The van der Waals surface area contributed by atoms with Gasteiger partial charge in [0.2, 0.25) is 0 Å². The quantitative estimate of drug-likeness (QED) is 0.0199. The molecule has 0 aromatic rings. The highest BCUT2D eigenvalue weighted by atomic mass is 31.2. The molecule has 0 fully saturated rings. The second-order valence-corrected chi connectivity index (χ2v) is 17.1. The van der Waals surface area contributed by atoms with Crippen molar-refractivity contribution in [1.82, 2.24) is 0 Å². The fourth-order valence-electron chi connectivity index (χ4n) is 5.72. The van der Waals surface area contributed by atoms with Crippen molar-refractivity contribution in [2.45, 2.75) is 187 Å². The summed E-state index contributed by atoms with van der Waals surface area (Å²) in [5, 5.41) is 0. The van der Waals surface area contributed by atoms with Crippen LogP contribution in [0.1, 0.15) is 181 Å². The van der Waals surface area contributed by atoms with Gasteiger partial charge < -0.3 is 27.9 Å². The Morgan fingerprint density at radius 1 is 0.574 bits per heavy atom. The minimum Gasteiger partial charge on any atom is -0.756 e. The third kappa shape index (κ3) is 39.9. The number of ether oxygens (including phenoxy) is 2. The van der Waals surface area contributed by atoms with E-state index in [1.807, 2.05) is 21.1 Å². The molecule has 0 spiro atoms. The van der Waals surface area contributed by atoms with E-state index in [2.05, 4.69) is 50.3 Å². The lowest BCUT2D eigenvalue weighted by molar-refractivity contribution is -0.870. The molecule has 0 aliphatic rings. The van der Waals surface area contributed by atoms with Crippen LogP contribution in [0.2, 0.25) is 0 Å². The van der Waals surface area contributed by atoms with Crippen molar-refractivity contribution in [3.63, 3.8) is 0 Å². The van der Waals surface area contributed by atoms with Crippen LogP contribution < -0.4 is 4.89 Å². The van der Waals surface area contributed by atoms with E-state index in [4.69, 9.17) is 18.5 Å². The summed E-state index contributed by atoms with van der Waals surface area (Å²) in [5.74, 6) is -0.857. The minimum absolute atomic E-state index is 0.0349. The van der Waals surface area contributed by atoms with Crippen LogP contribution in [0.15, 0.2) is 36.5 Å². The Bertz CT molecular complexity index is 1020. The molecule has 0 heterocycles. The van der Waals surface area contributed by atoms with E-state index in [1.165, 1.54) is 89.9 Å². The van der Waals surface area contributed by atoms with Gasteiger partial charge in [-0.15, -0.1) is 0 Å². The van der Waals surface area contributed by atoms with Crippen molar-refractivity contribution >= 4 is 19.8 Å². The maximum Gasteiger partial charge on any atom is 0.306 e. The van der Waals surface area contributed by atoms with Gasteiger partial charge >= 0.3 is 11.9 Å². The topological polar surface area (TPSA) is 111 Å². The summed E-state index contributed by atoms with van der Waals surface area (Å²) in [6.45, 7) is 4.17. The van der Waals surface area contributed by atoms with Gasteiger partial charge in [-0.05, 0) is 51.4 Å². The Kier molecular flexibility index (Phi) is 35.6. The highest BCUT2D eigenvalue weighted by molar-refractivity contribution is 7.45. The van der Waals surface area contributed by atoms with Crippen LogP contribution in [-0.2, 0) is 32.7 Å². The molecule has 316 valence electrons. The number of carbonyl (C=O) groups excluding carboxylic acids is 2. The molecule has 54 heavy (non-hydrogen) atoms. The number of rotatable bonds is 39. The smallest absolute Gasteiger partial charge is 0.306 e. The first-order chi connectivity index (χ1) is 26.0. The molecular formula is C44H82NO8P. The Morgan fingerprint density at radius 3 is 1.52 bits per heavy atom. The molecule has 0 amide bonds. The van der Waals surface area contributed by atoms with Crippen LogP contribution in [0.25, 0.3) is 0 Å². The van der Waals surface area contributed by atoms with Crippen LogP contribution in [0.3, 0.4) is 0 Å². The molecule has 0 N–H and O–H groups in total. The maximum absolute atomic E-state index is 12.7. The summed E-state index contributed by atoms with van der Waals surface area (Å²) < 4.78 is 33.8. The van der Waals surface area contributed by atoms with Crippen LogP contribution in [0, 0.1) is 0 Å². The number of quaternary nitrogens is 1. The van der Waals surface area contributed by atoms with Crippen LogP contribution >= 0.6 is 7.82 Å². The molecule has 0 aromatic carbocycles. The van der Waals surface area contributed by atoms with E-state index < -0.39 is 26.5 Å². The van der Waals surface area contributed by atoms with E-state index in [1.54, 1.807) is 0 Å². The highest BCUT2D eigenvalue weighted by Crippen LogP contribution is 2.38. The van der Waals surface area contributed by atoms with Crippen molar-refractivity contribution in [3.8, 4) is 0 Å². The summed E-state index contributed by atoms with van der Waals surface area (Å²) in [6.07, 6.45) is 40.2. The molecule has 0 radical (unpaired) electrons. The molecular weight excluding hydrogens is 701 g/mol. The molecule has 10 heteroatoms. The fourth-order valence-corrected chi connectivity index (χ4v) is 6.45. The van der Waals surface area contributed by atoms with Crippen LogP contribution in [-0.4, -0.2) is 70.0 Å². The lowest BCUT2D eigenvalue weighted by Crippen LogP contribution is -2.37. The third-order valence-electron chi connectivity index (χ3n) is 9.16. The summed E-state index contributed by atoms with van der Waals surface area (Å²) in [4.78, 5) is 37.5. The normalized spacial score (nSPS) is 14.0. The van der Waals surface area contributed by atoms with Crippen molar-refractivity contribution in [1.29, 1.82) is 0 Å². The van der Waals surface area contributed by atoms with Gasteiger partial charge in [0.25, 0.3) is 7.82 Å². The standard InChI is InChI=1S/C44H82NO8P/c1-6-8-10-12-14-16-18-20-21-22-23-25-27-29-31-33-35-37-44(47)53-42(41-52-54(48,49)51-39-38-45(3,4)5)40-50-43(46)36-34-32-30-28-26-24-19-17-15-13-11-9-7-2/h14,16,20-21,23,25,42H,6-13,15,17-19,22,24,26-41H2,1-5H3/b16-14+,21-20+,25-23+/t42-/m1/s1. The van der Waals surface area contributed by atoms with Gasteiger partial charge in [-0.2, -0.15) is 0 Å². The minimum atomic E-state index is -4.63. The first-order valence-electron chi connectivity index (χ1n) is 21.7.